The lowest BCUT2D eigenvalue weighted by Crippen LogP contribution is -2.40. The van der Waals surface area contributed by atoms with Crippen LogP contribution in [0.3, 0.4) is 0 Å². The van der Waals surface area contributed by atoms with E-state index < -0.39 is 12.0 Å². The molecule has 3 heterocycles. The summed E-state index contributed by atoms with van der Waals surface area (Å²) >= 11 is 14.0. The van der Waals surface area contributed by atoms with Gasteiger partial charge in [-0.3, -0.25) is 9.36 Å². The number of aromatic nitrogens is 2. The van der Waals surface area contributed by atoms with Crippen LogP contribution in [-0.2, 0) is 16.1 Å². The van der Waals surface area contributed by atoms with Crippen LogP contribution >= 0.6 is 34.5 Å². The van der Waals surface area contributed by atoms with Gasteiger partial charge in [0.15, 0.2) is 16.3 Å². The van der Waals surface area contributed by atoms with E-state index >= 15 is 0 Å². The van der Waals surface area contributed by atoms with Crippen LogP contribution < -0.4 is 24.4 Å². The lowest BCUT2D eigenvalue weighted by Gasteiger charge is -2.25. The van der Waals surface area contributed by atoms with Crippen molar-refractivity contribution in [1.29, 1.82) is 0 Å². The summed E-state index contributed by atoms with van der Waals surface area (Å²) in [5, 5.41) is 2.16. The first kappa shape index (κ1) is 32.6. The average Bonchev–Trinajstić information content (AvgIpc) is 3.50. The Labute approximate surface area is 285 Å². The minimum absolute atomic E-state index is 0.185. The summed E-state index contributed by atoms with van der Waals surface area (Å²) in [6.07, 6.45) is 1.92. The van der Waals surface area contributed by atoms with Crippen molar-refractivity contribution in [3.8, 4) is 11.5 Å². The van der Waals surface area contributed by atoms with E-state index in [-0.39, 0.29) is 12.2 Å². The van der Waals surface area contributed by atoms with Crippen LogP contribution in [0.25, 0.3) is 17.0 Å². The van der Waals surface area contributed by atoms with Gasteiger partial charge in [0.1, 0.15) is 0 Å². The smallest absolute Gasteiger partial charge is 0.338 e. The molecule has 8 nitrogen and oxygen atoms in total. The second-order valence-corrected chi connectivity index (χ2v) is 12.8. The predicted molar refractivity (Wildman–Crippen MR) is 187 cm³/mol. The number of esters is 1. The van der Waals surface area contributed by atoms with E-state index in [1.54, 1.807) is 37.7 Å². The number of para-hydroxylation sites is 1. The van der Waals surface area contributed by atoms with Crippen LogP contribution in [-0.4, -0.2) is 35.4 Å². The van der Waals surface area contributed by atoms with Gasteiger partial charge in [-0.15, -0.1) is 0 Å². The molecule has 3 aromatic carbocycles. The molecule has 0 radical (unpaired) electrons. The van der Waals surface area contributed by atoms with E-state index in [1.807, 2.05) is 62.4 Å². The standard InChI is InChI=1S/C36H33Cl2N3O5S/c1-6-45-30-16-22(13-15-29(30)44-5)33-32(35(43)46-7-2)20(3)39-36-41(33)34(42)31(47-36)18-26-21(4)40(28-11-9-8-10-25(26)28)19-23-12-14-24(37)17-27(23)38/h8-18,33H,6-7,19H2,1-5H3/b31-18-/t33-/m1/s1. The maximum Gasteiger partial charge on any atom is 0.338 e. The molecule has 0 saturated heterocycles. The molecule has 6 rings (SSSR count). The number of rotatable bonds is 9. The first-order chi connectivity index (χ1) is 22.7. The lowest BCUT2D eigenvalue weighted by molar-refractivity contribution is -0.139. The first-order valence-corrected chi connectivity index (χ1v) is 16.8. The molecule has 242 valence electrons. The van der Waals surface area contributed by atoms with Crippen molar-refractivity contribution in [3.63, 3.8) is 0 Å². The molecule has 0 spiro atoms. The number of carbonyl (C=O) groups is 1. The number of halogens is 2. The number of nitrogens with zero attached hydrogens (tertiary/aromatic N) is 3. The zero-order chi connectivity index (χ0) is 33.4. The van der Waals surface area contributed by atoms with Crippen molar-refractivity contribution < 1.29 is 19.0 Å². The minimum atomic E-state index is -0.785. The van der Waals surface area contributed by atoms with Crippen molar-refractivity contribution in [1.82, 2.24) is 9.13 Å². The number of hydrogen-bond donors (Lipinski definition) is 0. The summed E-state index contributed by atoms with van der Waals surface area (Å²) in [5.41, 5.74) is 5.02. The van der Waals surface area contributed by atoms with Crippen molar-refractivity contribution in [2.24, 2.45) is 4.99 Å². The predicted octanol–water partition coefficient (Wildman–Crippen LogP) is 6.82. The number of thiazole rings is 1. The van der Waals surface area contributed by atoms with Gasteiger partial charge in [0.25, 0.3) is 5.56 Å². The Bertz CT molecular complexity index is 2250. The van der Waals surface area contributed by atoms with Crippen molar-refractivity contribution in [2.75, 3.05) is 20.3 Å². The number of hydrogen-bond acceptors (Lipinski definition) is 7. The fourth-order valence-electron chi connectivity index (χ4n) is 6.03. The number of fused-ring (bicyclic) bond motifs is 2. The van der Waals surface area contributed by atoms with Crippen LogP contribution in [0.15, 0.2) is 81.7 Å². The van der Waals surface area contributed by atoms with E-state index in [4.69, 9.17) is 42.4 Å². The van der Waals surface area contributed by atoms with Crippen LogP contribution in [0.5, 0.6) is 11.5 Å². The normalized spacial score (nSPS) is 14.7. The molecule has 0 aliphatic carbocycles. The average molecular weight is 691 g/mol. The highest BCUT2D eigenvalue weighted by Gasteiger charge is 2.34. The Hall–Kier alpha value is -4.31. The summed E-state index contributed by atoms with van der Waals surface area (Å²) in [5.74, 6) is 0.534. The Morgan fingerprint density at radius 2 is 1.81 bits per heavy atom. The molecular formula is C36H33Cl2N3O5S. The van der Waals surface area contributed by atoms with E-state index in [2.05, 4.69) is 10.6 Å². The highest BCUT2D eigenvalue weighted by molar-refractivity contribution is 7.07. The van der Waals surface area contributed by atoms with Gasteiger partial charge in [-0.05, 0) is 75.2 Å². The monoisotopic (exact) mass is 689 g/mol. The summed E-state index contributed by atoms with van der Waals surface area (Å²) in [6, 6.07) is 18.2. The molecule has 1 atom stereocenters. The summed E-state index contributed by atoms with van der Waals surface area (Å²) in [7, 11) is 1.57. The number of benzene rings is 3. The van der Waals surface area contributed by atoms with Gasteiger partial charge in [0.2, 0.25) is 0 Å². The van der Waals surface area contributed by atoms with E-state index in [0.29, 0.717) is 60.9 Å². The zero-order valence-corrected chi connectivity index (χ0v) is 28.9. The second-order valence-electron chi connectivity index (χ2n) is 11.0. The first-order valence-electron chi connectivity index (χ1n) is 15.2. The summed E-state index contributed by atoms with van der Waals surface area (Å²) in [4.78, 5) is 33.0. The van der Waals surface area contributed by atoms with E-state index in [9.17, 15) is 9.59 Å². The highest BCUT2D eigenvalue weighted by atomic mass is 35.5. The molecule has 5 aromatic rings. The Morgan fingerprint density at radius 1 is 1.02 bits per heavy atom. The maximum atomic E-state index is 14.4. The fourth-order valence-corrected chi connectivity index (χ4v) is 7.53. The van der Waals surface area contributed by atoms with Gasteiger partial charge < -0.3 is 18.8 Å². The van der Waals surface area contributed by atoms with Gasteiger partial charge in [-0.1, -0.05) is 64.9 Å². The molecule has 0 amide bonds. The zero-order valence-electron chi connectivity index (χ0n) is 26.6. The van der Waals surface area contributed by atoms with Gasteiger partial charge in [0, 0.05) is 38.8 Å². The van der Waals surface area contributed by atoms with Crippen molar-refractivity contribution >= 4 is 57.5 Å². The highest BCUT2D eigenvalue weighted by Crippen LogP contribution is 2.36. The third kappa shape index (κ3) is 5.99. The molecule has 0 fully saturated rings. The molecule has 11 heteroatoms. The molecule has 0 bridgehead atoms. The molecule has 2 aromatic heterocycles. The molecule has 0 unspecified atom stereocenters. The molecule has 47 heavy (non-hydrogen) atoms. The van der Waals surface area contributed by atoms with Crippen LogP contribution in [0.2, 0.25) is 10.0 Å². The molecule has 0 saturated carbocycles. The largest absolute Gasteiger partial charge is 0.493 e. The van der Waals surface area contributed by atoms with E-state index in [1.165, 1.54) is 11.3 Å². The maximum absolute atomic E-state index is 14.4. The van der Waals surface area contributed by atoms with E-state index in [0.717, 1.165) is 27.7 Å². The quantitative estimate of drug-likeness (QED) is 0.159. The van der Waals surface area contributed by atoms with Gasteiger partial charge in [-0.2, -0.15) is 0 Å². The number of ether oxygens (including phenoxy) is 3. The van der Waals surface area contributed by atoms with Gasteiger partial charge in [0.05, 0.1) is 42.2 Å². The van der Waals surface area contributed by atoms with Crippen molar-refractivity contribution in [2.45, 2.75) is 40.3 Å². The Balaban J connectivity index is 1.55. The summed E-state index contributed by atoms with van der Waals surface area (Å²) in [6.45, 7) is 8.56. The Morgan fingerprint density at radius 3 is 2.53 bits per heavy atom. The number of carbonyl (C=O) groups excluding carboxylic acids is 1. The summed E-state index contributed by atoms with van der Waals surface area (Å²) < 4.78 is 21.1. The van der Waals surface area contributed by atoms with Crippen LogP contribution in [0.4, 0.5) is 0 Å². The van der Waals surface area contributed by atoms with Gasteiger partial charge in [-0.25, -0.2) is 9.79 Å². The van der Waals surface area contributed by atoms with Crippen LogP contribution in [0.1, 0.15) is 49.2 Å². The van der Waals surface area contributed by atoms with Gasteiger partial charge >= 0.3 is 5.97 Å². The number of allylic oxidation sites excluding steroid dienone is 1. The lowest BCUT2D eigenvalue weighted by atomic mass is 9.95. The second kappa shape index (κ2) is 13.4. The third-order valence-electron chi connectivity index (χ3n) is 8.22. The van der Waals surface area contributed by atoms with Crippen LogP contribution in [0, 0.1) is 6.92 Å². The SMILES string of the molecule is CCOC(=O)C1=C(C)N=c2s/c(=C\c3c(C)n(Cc4ccc(Cl)cc4Cl)c4ccccc34)c(=O)n2[C@@H]1c1ccc(OC)c(OCC)c1. The fraction of sp³-hybridized carbons (Fsp3) is 0.250. The topological polar surface area (TPSA) is 84.1 Å². The molecule has 1 aliphatic rings. The third-order valence-corrected chi connectivity index (χ3v) is 9.79. The Kier molecular flexibility index (Phi) is 9.32. The minimum Gasteiger partial charge on any atom is -0.493 e. The molecular weight excluding hydrogens is 657 g/mol. The van der Waals surface area contributed by atoms with Crippen molar-refractivity contribution in [3.05, 3.63) is 124 Å². The number of methoxy groups -OCH3 is 1. The molecule has 0 N–H and O–H groups in total. The molecule has 1 aliphatic heterocycles.